The second-order valence-electron chi connectivity index (χ2n) is 7.05. The minimum absolute atomic E-state index is 0.251. The Balaban J connectivity index is 1.74. The number of hydrogen-bond donors (Lipinski definition) is 1. The van der Waals surface area contributed by atoms with Gasteiger partial charge < -0.3 is 5.11 Å². The molecule has 0 saturated carbocycles. The summed E-state index contributed by atoms with van der Waals surface area (Å²) in [5.74, 6) is 13.2. The first-order chi connectivity index (χ1) is 14.7. The molecule has 0 atom stereocenters. The molecular weight excluding hydrogens is 364 g/mol. The number of aromatic hydroxyl groups is 1. The molecule has 0 heterocycles. The summed E-state index contributed by atoms with van der Waals surface area (Å²) < 4.78 is 0. The third-order valence-corrected chi connectivity index (χ3v) is 4.76. The van der Waals surface area contributed by atoms with Crippen LogP contribution >= 0.6 is 0 Å². The van der Waals surface area contributed by atoms with Gasteiger partial charge in [-0.1, -0.05) is 61.8 Å². The van der Waals surface area contributed by atoms with Crippen molar-refractivity contribution in [1.29, 1.82) is 0 Å². The van der Waals surface area contributed by atoms with Crippen LogP contribution < -0.4 is 0 Å². The molecule has 0 fully saturated rings. The van der Waals surface area contributed by atoms with Crippen LogP contribution in [-0.2, 0) is 12.8 Å². The Bertz CT molecular complexity index is 1130. The lowest BCUT2D eigenvalue weighted by Gasteiger charge is -2.02. The molecule has 3 aromatic carbocycles. The third-order valence-electron chi connectivity index (χ3n) is 4.76. The van der Waals surface area contributed by atoms with Crippen LogP contribution in [0, 0.1) is 23.7 Å². The number of phenolic OH excluding ortho intramolecular Hbond substituents is 1. The summed E-state index contributed by atoms with van der Waals surface area (Å²) in [6.07, 6.45) is 7.34. The molecule has 148 valence electrons. The Morgan fingerprint density at radius 1 is 0.700 bits per heavy atom. The van der Waals surface area contributed by atoms with E-state index in [4.69, 9.17) is 0 Å². The number of phenols is 1. The first-order valence-electron chi connectivity index (χ1n) is 10.4. The Morgan fingerprint density at radius 2 is 1.30 bits per heavy atom. The Labute approximate surface area is 180 Å². The van der Waals surface area contributed by atoms with Crippen molar-refractivity contribution in [2.45, 2.75) is 33.1 Å². The minimum atomic E-state index is 0.251. The summed E-state index contributed by atoms with van der Waals surface area (Å²) in [4.78, 5) is 0. The molecule has 0 amide bonds. The molecular formula is C29H26O. The van der Waals surface area contributed by atoms with Gasteiger partial charge in [0.2, 0.25) is 0 Å². The molecule has 0 spiro atoms. The van der Waals surface area contributed by atoms with E-state index in [0.717, 1.165) is 41.5 Å². The zero-order valence-corrected chi connectivity index (χ0v) is 17.6. The third kappa shape index (κ3) is 6.16. The molecule has 3 aromatic rings. The van der Waals surface area contributed by atoms with Gasteiger partial charge in [0.15, 0.2) is 0 Å². The second kappa shape index (κ2) is 10.8. The maximum Gasteiger partial charge on any atom is 0.115 e. The van der Waals surface area contributed by atoms with Gasteiger partial charge in [0, 0.05) is 22.3 Å². The number of rotatable bonds is 4. The van der Waals surface area contributed by atoms with Crippen molar-refractivity contribution in [3.63, 3.8) is 0 Å². The van der Waals surface area contributed by atoms with E-state index in [-0.39, 0.29) is 5.75 Å². The Morgan fingerprint density at radius 3 is 1.97 bits per heavy atom. The monoisotopic (exact) mass is 390 g/mol. The van der Waals surface area contributed by atoms with Gasteiger partial charge in [-0.25, -0.2) is 0 Å². The van der Waals surface area contributed by atoms with Crippen molar-refractivity contribution in [3.8, 4) is 29.4 Å². The Hall–Kier alpha value is -3.68. The van der Waals surface area contributed by atoms with Crippen molar-refractivity contribution >= 4 is 0 Å². The zero-order chi connectivity index (χ0) is 21.2. The van der Waals surface area contributed by atoms with Crippen LogP contribution in [-0.4, -0.2) is 5.11 Å². The molecule has 0 saturated heterocycles. The highest BCUT2D eigenvalue weighted by atomic mass is 16.3. The molecule has 0 aliphatic carbocycles. The summed E-state index contributed by atoms with van der Waals surface area (Å²) in [5.41, 5.74) is 6.40. The van der Waals surface area contributed by atoms with Crippen molar-refractivity contribution < 1.29 is 5.11 Å². The molecule has 0 aromatic heterocycles. The largest absolute Gasteiger partial charge is 0.508 e. The molecule has 0 aliphatic heterocycles. The predicted molar refractivity (Wildman–Crippen MR) is 125 cm³/mol. The fraction of sp³-hybridized carbons (Fsp3) is 0.172. The highest BCUT2D eigenvalue weighted by Crippen LogP contribution is 2.13. The number of hydrogen-bond acceptors (Lipinski definition) is 1. The minimum Gasteiger partial charge on any atom is -0.508 e. The van der Waals surface area contributed by atoms with Gasteiger partial charge in [-0.2, -0.15) is 0 Å². The first kappa shape index (κ1) is 21.0. The average Bonchev–Trinajstić information content (AvgIpc) is 2.78. The SMILES string of the molecule is CC/C=C/Cc1ccc(C#Cc2ccc(C#Cc3ccc(O)cc3)c(CC)c2)cc1. The fourth-order valence-electron chi connectivity index (χ4n) is 3.02. The Kier molecular flexibility index (Phi) is 7.54. The molecule has 0 aliphatic rings. The maximum absolute atomic E-state index is 9.38. The van der Waals surface area contributed by atoms with Crippen molar-refractivity contribution in [2.75, 3.05) is 0 Å². The second-order valence-corrected chi connectivity index (χ2v) is 7.05. The number of allylic oxidation sites excluding steroid dienone is 2. The van der Waals surface area contributed by atoms with Gasteiger partial charge in [-0.05, 0) is 85.0 Å². The maximum atomic E-state index is 9.38. The van der Waals surface area contributed by atoms with E-state index < -0.39 is 0 Å². The summed E-state index contributed by atoms with van der Waals surface area (Å²) in [7, 11) is 0. The number of aryl methyl sites for hydroxylation is 1. The summed E-state index contributed by atoms with van der Waals surface area (Å²) >= 11 is 0. The molecule has 0 bridgehead atoms. The van der Waals surface area contributed by atoms with E-state index >= 15 is 0 Å². The molecule has 1 nitrogen and oxygen atoms in total. The molecule has 0 unspecified atom stereocenters. The fourth-order valence-corrected chi connectivity index (χ4v) is 3.02. The van der Waals surface area contributed by atoms with Crippen LogP contribution in [0.2, 0.25) is 0 Å². The van der Waals surface area contributed by atoms with E-state index in [1.165, 1.54) is 11.1 Å². The van der Waals surface area contributed by atoms with E-state index in [1.807, 2.05) is 24.3 Å². The van der Waals surface area contributed by atoms with Gasteiger partial charge in [0.05, 0.1) is 0 Å². The summed E-state index contributed by atoms with van der Waals surface area (Å²) in [5, 5.41) is 9.38. The van der Waals surface area contributed by atoms with Crippen molar-refractivity contribution in [2.24, 2.45) is 0 Å². The highest BCUT2D eigenvalue weighted by Gasteiger charge is 1.99. The average molecular weight is 391 g/mol. The van der Waals surface area contributed by atoms with Crippen LogP contribution in [0.1, 0.15) is 53.6 Å². The van der Waals surface area contributed by atoms with Crippen molar-refractivity contribution in [1.82, 2.24) is 0 Å². The van der Waals surface area contributed by atoms with Gasteiger partial charge in [0.1, 0.15) is 5.75 Å². The van der Waals surface area contributed by atoms with E-state index in [2.05, 4.69) is 80.0 Å². The van der Waals surface area contributed by atoms with E-state index in [1.54, 1.807) is 12.1 Å². The van der Waals surface area contributed by atoms with Crippen LogP contribution in [0.5, 0.6) is 5.75 Å². The lowest BCUT2D eigenvalue weighted by molar-refractivity contribution is 0.475. The molecule has 1 N–H and O–H groups in total. The normalized spacial score (nSPS) is 10.2. The van der Waals surface area contributed by atoms with E-state index in [0.29, 0.717) is 0 Å². The van der Waals surface area contributed by atoms with Crippen LogP contribution in [0.25, 0.3) is 0 Å². The molecule has 3 rings (SSSR count). The van der Waals surface area contributed by atoms with Crippen LogP contribution in [0.3, 0.4) is 0 Å². The highest BCUT2D eigenvalue weighted by molar-refractivity contribution is 5.52. The smallest absolute Gasteiger partial charge is 0.115 e. The van der Waals surface area contributed by atoms with Gasteiger partial charge in [-0.3, -0.25) is 0 Å². The standard InChI is InChI=1S/C29H26O/c1-3-5-6-7-23-8-10-24(11-9-23)12-13-26-15-19-28(27(4-2)22-26)18-14-25-16-20-29(30)21-17-25/h5-6,8-11,15-17,19-22,30H,3-4,7H2,1-2H3/b6-5+. The number of benzene rings is 3. The lowest BCUT2D eigenvalue weighted by atomic mass is 10.0. The van der Waals surface area contributed by atoms with Gasteiger partial charge in [-0.15, -0.1) is 0 Å². The van der Waals surface area contributed by atoms with E-state index in [9.17, 15) is 5.11 Å². The topological polar surface area (TPSA) is 20.2 Å². The molecule has 1 heteroatoms. The molecule has 30 heavy (non-hydrogen) atoms. The van der Waals surface area contributed by atoms with Gasteiger partial charge >= 0.3 is 0 Å². The lowest BCUT2D eigenvalue weighted by Crippen LogP contribution is -1.89. The first-order valence-corrected chi connectivity index (χ1v) is 10.4. The van der Waals surface area contributed by atoms with Crippen LogP contribution in [0.4, 0.5) is 0 Å². The summed E-state index contributed by atoms with van der Waals surface area (Å²) in [6.45, 7) is 4.28. The van der Waals surface area contributed by atoms with Gasteiger partial charge in [0.25, 0.3) is 0 Å². The van der Waals surface area contributed by atoms with Crippen LogP contribution in [0.15, 0.2) is 78.9 Å². The predicted octanol–water partition coefficient (Wildman–Crippen LogP) is 6.26. The summed E-state index contributed by atoms with van der Waals surface area (Å²) in [6, 6.07) is 21.6. The van der Waals surface area contributed by atoms with Crippen molar-refractivity contribution in [3.05, 3.63) is 112 Å². The zero-order valence-electron chi connectivity index (χ0n) is 17.6. The quantitative estimate of drug-likeness (QED) is 0.412. The molecule has 0 radical (unpaired) electrons.